The summed E-state index contributed by atoms with van der Waals surface area (Å²) in [5, 5.41) is 22.3. The number of benzene rings is 5. The van der Waals surface area contributed by atoms with Crippen LogP contribution in [0.3, 0.4) is 0 Å². The minimum absolute atomic E-state index is 0.175. The molecule has 5 N–H and O–H groups in total. The monoisotopic (exact) mass is 806 g/mol. The third-order valence-electron chi connectivity index (χ3n) is 7.33. The molecule has 0 aromatic heterocycles. The Morgan fingerprint density at radius 1 is 0.600 bits per heavy atom. The minimum Gasteiger partial charge on any atom is -0.748 e. The molecule has 0 aliphatic heterocycles. The molecule has 12 nitrogen and oxygen atoms in total. The molecule has 5 aromatic carbocycles. The zero-order chi connectivity index (χ0) is 40.1. The van der Waals surface area contributed by atoms with Crippen molar-refractivity contribution in [2.24, 2.45) is 5.92 Å². The number of hydrogen-bond acceptors (Lipinski definition) is 12. The molecule has 5 aromatic rings. The summed E-state index contributed by atoms with van der Waals surface area (Å²) in [5.74, 6) is 0.441. The summed E-state index contributed by atoms with van der Waals surface area (Å²) in [5.41, 5.74) is 8.04. The fourth-order valence-electron chi connectivity index (χ4n) is 5.26. The van der Waals surface area contributed by atoms with E-state index >= 15 is 0 Å². The van der Waals surface area contributed by atoms with Crippen LogP contribution < -0.4 is 21.2 Å². The van der Waals surface area contributed by atoms with Crippen molar-refractivity contribution in [3.8, 4) is 0 Å². The lowest BCUT2D eigenvalue weighted by Gasteiger charge is -2.27. The molecule has 0 unspecified atom stereocenters. The van der Waals surface area contributed by atoms with Gasteiger partial charge >= 0.3 is 10.1 Å². The maximum atomic E-state index is 9.30. The zero-order valence-electron chi connectivity index (χ0n) is 30.3. The smallest absolute Gasteiger partial charge is 0.375 e. The number of nitrogens with one attached hydrogen (secondary N) is 3. The third-order valence-corrected chi connectivity index (χ3v) is 7.53. The highest BCUT2D eigenvalue weighted by molar-refractivity contribution is 7.93. The SMILES string of the molecule is C1=CC(C(c2ccc(Nc3ccccc3)cc2)c2ccc(Nc3ccccc3)cc2)C=CC1Nc1ccccc1.CS(=O)(=O)[O-].CS(=O)(=O)[OH2+].CSOO[O-]. The van der Waals surface area contributed by atoms with Gasteiger partial charge in [0.05, 0.1) is 16.2 Å². The van der Waals surface area contributed by atoms with E-state index < -0.39 is 20.2 Å². The van der Waals surface area contributed by atoms with Gasteiger partial charge < -0.3 is 30.3 Å². The van der Waals surface area contributed by atoms with Crippen LogP contribution in [0.25, 0.3) is 0 Å². The lowest BCUT2D eigenvalue weighted by Crippen LogP contribution is -2.20. The van der Waals surface area contributed by atoms with Crippen LogP contribution in [0.2, 0.25) is 0 Å². The van der Waals surface area contributed by atoms with Gasteiger partial charge in [-0.25, -0.2) is 8.42 Å². The molecule has 0 amide bonds. The lowest BCUT2D eigenvalue weighted by atomic mass is 9.78. The summed E-state index contributed by atoms with van der Waals surface area (Å²) >= 11 is 0.867. The second-order valence-electron chi connectivity index (χ2n) is 11.9. The Morgan fingerprint density at radius 2 is 0.927 bits per heavy atom. The topological polar surface area (TPSA) is 192 Å². The Bertz CT molecular complexity index is 1960. The molecule has 6 rings (SSSR count). The molecule has 0 fully saturated rings. The number of anilines is 5. The van der Waals surface area contributed by atoms with Crippen molar-refractivity contribution in [2.45, 2.75) is 12.0 Å². The van der Waals surface area contributed by atoms with Gasteiger partial charge in [-0.2, -0.15) is 12.8 Å². The fourth-order valence-corrected chi connectivity index (χ4v) is 5.31. The Kier molecular flexibility index (Phi) is 18.6. The lowest BCUT2D eigenvalue weighted by molar-refractivity contribution is -0.777. The van der Waals surface area contributed by atoms with Crippen molar-refractivity contribution in [2.75, 3.05) is 34.7 Å². The van der Waals surface area contributed by atoms with Gasteiger partial charge in [-0.3, -0.25) is 5.04 Å². The maximum absolute atomic E-state index is 9.30. The predicted octanol–water partition coefficient (Wildman–Crippen LogP) is 6.85. The molecule has 15 heteroatoms. The van der Waals surface area contributed by atoms with Crippen LogP contribution in [-0.2, 0) is 29.6 Å². The average Bonchev–Trinajstić information content (AvgIpc) is 3.14. The average molecular weight is 807 g/mol. The molecule has 0 bridgehead atoms. The van der Waals surface area contributed by atoms with Gasteiger partial charge in [0, 0.05) is 64.8 Å². The summed E-state index contributed by atoms with van der Waals surface area (Å²) in [6, 6.07) is 48.8. The molecule has 0 spiro atoms. The molecule has 1 aliphatic carbocycles. The van der Waals surface area contributed by atoms with E-state index in [1.807, 2.05) is 42.5 Å². The first-order valence-electron chi connectivity index (χ1n) is 16.6. The summed E-state index contributed by atoms with van der Waals surface area (Å²) < 4.78 is 55.4. The normalized spacial score (nSPS) is 14.5. The van der Waals surface area contributed by atoms with Crippen LogP contribution in [0.1, 0.15) is 17.0 Å². The zero-order valence-corrected chi connectivity index (χ0v) is 32.8. The Balaban J connectivity index is 0.000000462. The fraction of sp³-hybridized carbons (Fsp3) is 0.150. The number of allylic oxidation sites excluding steroid dienone is 2. The van der Waals surface area contributed by atoms with Crippen LogP contribution in [0.5, 0.6) is 0 Å². The quantitative estimate of drug-likeness (QED) is 0.0315. The highest BCUT2D eigenvalue weighted by Gasteiger charge is 2.24. The highest BCUT2D eigenvalue weighted by atomic mass is 32.2. The third kappa shape index (κ3) is 19.3. The molecular weight excluding hydrogens is 763 g/mol. The van der Waals surface area contributed by atoms with E-state index in [0.29, 0.717) is 6.26 Å². The van der Waals surface area contributed by atoms with Crippen LogP contribution in [0.15, 0.2) is 164 Å². The van der Waals surface area contributed by atoms with Gasteiger partial charge in [-0.1, -0.05) is 103 Å². The van der Waals surface area contributed by atoms with Crippen LogP contribution >= 0.6 is 12.0 Å². The Morgan fingerprint density at radius 3 is 1.24 bits per heavy atom. The van der Waals surface area contributed by atoms with Crippen molar-refractivity contribution in [3.05, 3.63) is 175 Å². The summed E-state index contributed by atoms with van der Waals surface area (Å²) in [6.07, 6.45) is 12.3. The number of para-hydroxylation sites is 3. The van der Waals surface area contributed by atoms with Crippen molar-refractivity contribution in [3.63, 3.8) is 0 Å². The van der Waals surface area contributed by atoms with Crippen molar-refractivity contribution < 1.29 is 40.6 Å². The van der Waals surface area contributed by atoms with Crippen molar-refractivity contribution >= 4 is 60.7 Å². The summed E-state index contributed by atoms with van der Waals surface area (Å²) in [6.45, 7) is 0. The van der Waals surface area contributed by atoms with Gasteiger partial charge in [0.2, 0.25) is 0 Å². The standard InChI is InChI=1S/C37H33N3.3CH4O3S/c1-4-10-31(11-5-1)38-34-22-16-28(17-23-34)37(29-18-24-35(25-19-29)39-32-12-6-2-7-13-32)30-20-26-36(27-21-30)40-33-14-8-3-9-15-33;2*1-5(2,3)4;1-5-4-3-2/h1-28,34,37-40H;2*1H3,(H,2,3,4);2H,1H3/p-1. The van der Waals surface area contributed by atoms with Gasteiger partial charge in [0.1, 0.15) is 6.26 Å². The van der Waals surface area contributed by atoms with E-state index in [1.165, 1.54) is 11.1 Å². The molecule has 0 radical (unpaired) electrons. The first kappa shape index (κ1) is 44.4. The van der Waals surface area contributed by atoms with Gasteiger partial charge in [0.25, 0.3) is 0 Å². The Hall–Kier alpha value is -4.97. The molecule has 0 atom stereocenters. The second kappa shape index (κ2) is 23.1. The van der Waals surface area contributed by atoms with Gasteiger partial charge in [-0.15, -0.1) is 0 Å². The van der Waals surface area contributed by atoms with Crippen molar-refractivity contribution in [1.82, 2.24) is 0 Å². The first-order valence-corrected chi connectivity index (χ1v) is 21.4. The van der Waals surface area contributed by atoms with E-state index in [4.69, 9.17) is 22.8 Å². The highest BCUT2D eigenvalue weighted by Crippen LogP contribution is 2.37. The molecule has 0 saturated carbocycles. The molecular formula is C40H44N3O9S3-. The summed E-state index contributed by atoms with van der Waals surface area (Å²) in [7, 11) is -7.33. The molecule has 1 aliphatic rings. The van der Waals surface area contributed by atoms with E-state index in [-0.39, 0.29) is 17.9 Å². The molecule has 0 saturated heterocycles. The molecule has 292 valence electrons. The first-order chi connectivity index (χ1) is 26.2. The van der Waals surface area contributed by atoms with E-state index in [1.54, 1.807) is 6.26 Å². The number of hydrogen-bond donors (Lipinski definition) is 3. The largest absolute Gasteiger partial charge is 0.748 e. The van der Waals surface area contributed by atoms with E-state index in [9.17, 15) is 8.42 Å². The Labute approximate surface area is 327 Å². The second-order valence-corrected chi connectivity index (χ2v) is 15.3. The van der Waals surface area contributed by atoms with E-state index in [2.05, 4.69) is 147 Å². The molecule has 55 heavy (non-hydrogen) atoms. The van der Waals surface area contributed by atoms with E-state index in [0.717, 1.165) is 46.7 Å². The van der Waals surface area contributed by atoms with Crippen LogP contribution in [0.4, 0.5) is 28.4 Å². The summed E-state index contributed by atoms with van der Waals surface area (Å²) in [4.78, 5) is 0. The molecule has 0 heterocycles. The van der Waals surface area contributed by atoms with Gasteiger partial charge in [0.15, 0.2) is 0 Å². The van der Waals surface area contributed by atoms with Crippen LogP contribution in [-0.4, -0.2) is 50.8 Å². The number of rotatable bonds is 11. The maximum Gasteiger partial charge on any atom is 0.375 e. The van der Waals surface area contributed by atoms with Crippen LogP contribution in [0, 0.1) is 5.92 Å². The van der Waals surface area contributed by atoms with Crippen molar-refractivity contribution in [1.29, 1.82) is 0 Å². The van der Waals surface area contributed by atoms with Gasteiger partial charge in [-0.05, 0) is 71.8 Å². The minimum atomic E-state index is -3.92. The predicted molar refractivity (Wildman–Crippen MR) is 220 cm³/mol.